The van der Waals surface area contributed by atoms with Gasteiger partial charge < -0.3 is 9.47 Å². The number of aromatic amines is 1. The van der Waals surface area contributed by atoms with Gasteiger partial charge in [-0.2, -0.15) is 5.10 Å². The highest BCUT2D eigenvalue weighted by Crippen LogP contribution is 2.13. The van der Waals surface area contributed by atoms with Gasteiger partial charge in [0, 0.05) is 13.2 Å². The Labute approximate surface area is 117 Å². The summed E-state index contributed by atoms with van der Waals surface area (Å²) in [5.74, 6) is -0.737. The summed E-state index contributed by atoms with van der Waals surface area (Å²) in [5.41, 5.74) is -0.122. The van der Waals surface area contributed by atoms with Crippen molar-refractivity contribution in [2.75, 3.05) is 19.8 Å². The van der Waals surface area contributed by atoms with Gasteiger partial charge in [0.05, 0.1) is 18.9 Å². The van der Waals surface area contributed by atoms with Gasteiger partial charge in [-0.3, -0.25) is 5.10 Å². The van der Waals surface area contributed by atoms with E-state index in [9.17, 15) is 13.2 Å². The molecule has 0 fully saturated rings. The van der Waals surface area contributed by atoms with Crippen LogP contribution in [-0.2, 0) is 19.5 Å². The number of nitrogens with zero attached hydrogens (tertiary/aromatic N) is 1. The molecule has 20 heavy (non-hydrogen) atoms. The molecule has 8 nitrogen and oxygen atoms in total. The summed E-state index contributed by atoms with van der Waals surface area (Å²) in [7, 11) is -3.87. The molecule has 1 atom stereocenters. The maximum atomic E-state index is 12.1. The smallest absolute Gasteiger partial charge is 0.342 e. The van der Waals surface area contributed by atoms with Crippen LogP contribution in [0.15, 0.2) is 11.2 Å². The maximum Gasteiger partial charge on any atom is 0.342 e. The van der Waals surface area contributed by atoms with E-state index >= 15 is 0 Å². The lowest BCUT2D eigenvalue weighted by Crippen LogP contribution is -2.33. The third-order valence-corrected chi connectivity index (χ3v) is 3.78. The summed E-state index contributed by atoms with van der Waals surface area (Å²) in [5, 5.41) is 5.57. The van der Waals surface area contributed by atoms with Crippen molar-refractivity contribution in [3.63, 3.8) is 0 Å². The lowest BCUT2D eigenvalue weighted by molar-refractivity contribution is 0.0522. The van der Waals surface area contributed by atoms with Gasteiger partial charge in [0.2, 0.25) is 0 Å². The second kappa shape index (κ2) is 7.36. The van der Waals surface area contributed by atoms with Crippen molar-refractivity contribution in [3.8, 4) is 0 Å². The van der Waals surface area contributed by atoms with Crippen molar-refractivity contribution in [1.82, 2.24) is 14.9 Å². The number of aromatic nitrogens is 2. The molecule has 0 bridgehead atoms. The van der Waals surface area contributed by atoms with Crippen LogP contribution >= 0.6 is 0 Å². The molecule has 0 aromatic carbocycles. The highest BCUT2D eigenvalue weighted by atomic mass is 32.2. The standard InChI is InChI=1S/C11H19N3O5S/c1-4-18-8(3)6-13-20(16,17)10-9(7-12-14-10)11(15)19-5-2/h7-8,13H,4-6H2,1-3H3,(H,12,14). The van der Waals surface area contributed by atoms with E-state index < -0.39 is 16.0 Å². The van der Waals surface area contributed by atoms with Crippen molar-refractivity contribution >= 4 is 16.0 Å². The maximum absolute atomic E-state index is 12.1. The Morgan fingerprint density at radius 1 is 1.45 bits per heavy atom. The second-order valence-electron chi connectivity index (χ2n) is 3.95. The number of nitrogens with one attached hydrogen (secondary N) is 2. The molecule has 0 saturated carbocycles. The van der Waals surface area contributed by atoms with Crippen LogP contribution in [0.25, 0.3) is 0 Å². The molecule has 0 radical (unpaired) electrons. The number of sulfonamides is 1. The van der Waals surface area contributed by atoms with Gasteiger partial charge in [-0.1, -0.05) is 0 Å². The lowest BCUT2D eigenvalue weighted by atomic mass is 10.4. The summed E-state index contributed by atoms with van der Waals surface area (Å²) >= 11 is 0. The topological polar surface area (TPSA) is 110 Å². The minimum atomic E-state index is -3.87. The van der Waals surface area contributed by atoms with Crippen LogP contribution in [0.1, 0.15) is 31.1 Å². The normalized spacial score (nSPS) is 13.2. The minimum Gasteiger partial charge on any atom is -0.462 e. The van der Waals surface area contributed by atoms with Crippen LogP contribution in [0.3, 0.4) is 0 Å². The third-order valence-electron chi connectivity index (χ3n) is 2.38. The van der Waals surface area contributed by atoms with Crippen LogP contribution < -0.4 is 4.72 Å². The van der Waals surface area contributed by atoms with Crippen molar-refractivity contribution < 1.29 is 22.7 Å². The van der Waals surface area contributed by atoms with E-state index in [2.05, 4.69) is 14.9 Å². The molecule has 1 heterocycles. The molecule has 9 heteroatoms. The van der Waals surface area contributed by atoms with Crippen LogP contribution in [0.2, 0.25) is 0 Å². The van der Waals surface area contributed by atoms with Gasteiger partial charge in [0.25, 0.3) is 10.0 Å². The Balaban J connectivity index is 2.83. The molecule has 0 amide bonds. The fraction of sp³-hybridized carbons (Fsp3) is 0.636. The van der Waals surface area contributed by atoms with Gasteiger partial charge in [-0.05, 0) is 20.8 Å². The van der Waals surface area contributed by atoms with Gasteiger partial charge >= 0.3 is 5.97 Å². The molecule has 0 saturated heterocycles. The molecule has 2 N–H and O–H groups in total. The summed E-state index contributed by atoms with van der Waals surface area (Å²) < 4.78 is 36.5. The van der Waals surface area contributed by atoms with Crippen LogP contribution in [0.4, 0.5) is 0 Å². The minimum absolute atomic E-state index is 0.0947. The summed E-state index contributed by atoms with van der Waals surface area (Å²) in [6, 6.07) is 0. The first-order valence-electron chi connectivity index (χ1n) is 6.24. The molecule has 114 valence electrons. The van der Waals surface area contributed by atoms with E-state index in [4.69, 9.17) is 9.47 Å². The van der Waals surface area contributed by atoms with E-state index in [1.165, 1.54) is 0 Å². The number of H-pyrrole nitrogens is 1. The average molecular weight is 305 g/mol. The quantitative estimate of drug-likeness (QED) is 0.668. The zero-order chi connectivity index (χ0) is 15.2. The fourth-order valence-corrected chi connectivity index (χ4v) is 2.67. The first-order valence-corrected chi connectivity index (χ1v) is 7.72. The van der Waals surface area contributed by atoms with Crippen LogP contribution in [-0.4, -0.2) is 50.4 Å². The largest absolute Gasteiger partial charge is 0.462 e. The van der Waals surface area contributed by atoms with Crippen molar-refractivity contribution in [3.05, 3.63) is 11.8 Å². The predicted octanol–water partition coefficient (Wildman–Crippen LogP) is 0.290. The fourth-order valence-electron chi connectivity index (χ4n) is 1.48. The van der Waals surface area contributed by atoms with E-state index in [0.717, 1.165) is 6.20 Å². The van der Waals surface area contributed by atoms with Gasteiger partial charge in [-0.15, -0.1) is 0 Å². The van der Waals surface area contributed by atoms with Crippen LogP contribution in [0, 0.1) is 0 Å². The first-order chi connectivity index (χ1) is 9.42. The highest BCUT2D eigenvalue weighted by molar-refractivity contribution is 7.89. The number of hydrogen-bond donors (Lipinski definition) is 2. The zero-order valence-electron chi connectivity index (χ0n) is 11.7. The first kappa shape index (κ1) is 16.6. The van der Waals surface area contributed by atoms with E-state index in [-0.39, 0.29) is 29.8 Å². The number of hydrogen-bond acceptors (Lipinski definition) is 6. The van der Waals surface area contributed by atoms with Gasteiger partial charge in [0.15, 0.2) is 5.03 Å². The summed E-state index contributed by atoms with van der Waals surface area (Å²) in [6.07, 6.45) is 0.849. The van der Waals surface area contributed by atoms with Crippen molar-refractivity contribution in [1.29, 1.82) is 0 Å². The molecule has 1 aromatic rings. The molecule has 0 aliphatic heterocycles. The number of carbonyl (C=O) groups is 1. The summed E-state index contributed by atoms with van der Waals surface area (Å²) in [4.78, 5) is 11.6. The summed E-state index contributed by atoms with van der Waals surface area (Å²) in [6.45, 7) is 5.93. The van der Waals surface area contributed by atoms with Crippen molar-refractivity contribution in [2.45, 2.75) is 31.9 Å². The van der Waals surface area contributed by atoms with Gasteiger partial charge in [0.1, 0.15) is 5.56 Å². The SMILES string of the molecule is CCOC(=O)c1cn[nH]c1S(=O)(=O)NCC(C)OCC. The Morgan fingerprint density at radius 2 is 2.15 bits per heavy atom. The molecular weight excluding hydrogens is 286 g/mol. The average Bonchev–Trinajstić information content (AvgIpc) is 2.87. The molecular formula is C11H19N3O5S. The molecule has 1 aromatic heterocycles. The molecule has 0 aliphatic carbocycles. The monoisotopic (exact) mass is 305 g/mol. The Morgan fingerprint density at radius 3 is 2.75 bits per heavy atom. The van der Waals surface area contributed by atoms with E-state index in [1.54, 1.807) is 13.8 Å². The van der Waals surface area contributed by atoms with Crippen LogP contribution in [0.5, 0.6) is 0 Å². The van der Waals surface area contributed by atoms with E-state index in [0.29, 0.717) is 6.61 Å². The molecule has 0 aliphatic rings. The Hall–Kier alpha value is -1.45. The third kappa shape index (κ3) is 4.29. The van der Waals surface area contributed by atoms with E-state index in [1.807, 2.05) is 6.92 Å². The molecule has 0 spiro atoms. The Bertz CT molecular complexity index is 540. The van der Waals surface area contributed by atoms with Crippen molar-refractivity contribution in [2.24, 2.45) is 0 Å². The number of rotatable bonds is 8. The number of esters is 1. The molecule has 1 unspecified atom stereocenters. The number of ether oxygens (including phenoxy) is 2. The highest BCUT2D eigenvalue weighted by Gasteiger charge is 2.26. The zero-order valence-corrected chi connectivity index (χ0v) is 12.5. The number of carbonyl (C=O) groups excluding carboxylic acids is 1. The van der Waals surface area contributed by atoms with Gasteiger partial charge in [-0.25, -0.2) is 17.9 Å². The molecule has 1 rings (SSSR count). The predicted molar refractivity (Wildman–Crippen MR) is 70.8 cm³/mol. The Kier molecular flexibility index (Phi) is 6.11. The lowest BCUT2D eigenvalue weighted by Gasteiger charge is -2.12. The second-order valence-corrected chi connectivity index (χ2v) is 5.65.